The van der Waals surface area contributed by atoms with Crippen LogP contribution in [-0.4, -0.2) is 26.2 Å². The number of aromatic nitrogens is 2. The fourth-order valence-electron chi connectivity index (χ4n) is 2.70. The first-order chi connectivity index (χ1) is 11.7. The molecule has 0 spiro atoms. The minimum atomic E-state index is -0.678. The van der Waals surface area contributed by atoms with Crippen LogP contribution in [0.15, 0.2) is 36.7 Å². The molecule has 1 amide bonds. The predicted molar refractivity (Wildman–Crippen MR) is 99.3 cm³/mol. The summed E-state index contributed by atoms with van der Waals surface area (Å²) in [6.45, 7) is 7.75. The molecule has 2 aromatic rings. The molecule has 1 heterocycles. The molecule has 0 saturated carbocycles. The monoisotopic (exact) mass is 343 g/mol. The number of aryl methyl sites for hydroxylation is 2. The zero-order valence-corrected chi connectivity index (χ0v) is 15.8. The molecule has 2 rings (SSSR count). The van der Waals surface area contributed by atoms with Crippen molar-refractivity contribution in [2.75, 3.05) is 0 Å². The Hall–Kier alpha value is -2.14. The van der Waals surface area contributed by atoms with Crippen LogP contribution in [0.4, 0.5) is 0 Å². The normalized spacial score (nSPS) is 13.1. The largest absolute Gasteiger partial charge is 0.390 e. The van der Waals surface area contributed by atoms with Crippen molar-refractivity contribution < 1.29 is 9.90 Å². The number of hydrogen-bond donors (Lipinski definition) is 2. The molecule has 0 bridgehead atoms. The lowest BCUT2D eigenvalue weighted by Crippen LogP contribution is -2.33. The summed E-state index contributed by atoms with van der Waals surface area (Å²) in [6, 6.07) is 7.44. The Morgan fingerprint density at radius 3 is 2.40 bits per heavy atom. The van der Waals surface area contributed by atoms with Gasteiger partial charge in [-0.05, 0) is 50.3 Å². The summed E-state index contributed by atoms with van der Waals surface area (Å²) in [5, 5.41) is 12.9. The van der Waals surface area contributed by atoms with E-state index < -0.39 is 5.60 Å². The number of nitrogens with zero attached hydrogens (tertiary/aromatic N) is 2. The highest BCUT2D eigenvalue weighted by Crippen LogP contribution is 2.20. The number of carbonyl (C=O) groups is 1. The smallest absolute Gasteiger partial charge is 0.251 e. The number of aliphatic hydroxyl groups is 1. The first-order valence-electron chi connectivity index (χ1n) is 8.77. The van der Waals surface area contributed by atoms with Gasteiger partial charge in [0.05, 0.1) is 11.6 Å². The number of nitrogens with one attached hydrogen (secondary N) is 1. The van der Waals surface area contributed by atoms with Gasteiger partial charge in [0.25, 0.3) is 5.91 Å². The molecular formula is C20H29N3O2. The zero-order valence-electron chi connectivity index (χ0n) is 15.8. The van der Waals surface area contributed by atoms with Crippen LogP contribution < -0.4 is 5.32 Å². The summed E-state index contributed by atoms with van der Waals surface area (Å²) in [5.41, 5.74) is 1.07. The van der Waals surface area contributed by atoms with Crippen LogP contribution in [0.2, 0.25) is 0 Å². The van der Waals surface area contributed by atoms with Crippen LogP contribution in [0.3, 0.4) is 0 Å². The van der Waals surface area contributed by atoms with Crippen molar-refractivity contribution in [2.24, 2.45) is 13.0 Å². The molecule has 1 atom stereocenters. The van der Waals surface area contributed by atoms with Gasteiger partial charge in [0.15, 0.2) is 0 Å². The van der Waals surface area contributed by atoms with E-state index in [0.717, 1.165) is 17.8 Å². The van der Waals surface area contributed by atoms with Gasteiger partial charge in [-0.2, -0.15) is 0 Å². The highest BCUT2D eigenvalue weighted by molar-refractivity contribution is 5.94. The van der Waals surface area contributed by atoms with Crippen LogP contribution in [-0.2, 0) is 13.5 Å². The van der Waals surface area contributed by atoms with Crippen molar-refractivity contribution in [3.8, 4) is 0 Å². The number of amides is 1. The van der Waals surface area contributed by atoms with Gasteiger partial charge in [0.2, 0.25) is 0 Å². The Morgan fingerprint density at radius 2 is 1.92 bits per heavy atom. The van der Waals surface area contributed by atoms with Crippen LogP contribution in [0.5, 0.6) is 0 Å². The third-order valence-corrected chi connectivity index (χ3v) is 4.33. The van der Waals surface area contributed by atoms with E-state index in [1.807, 2.05) is 42.1 Å². The minimum Gasteiger partial charge on any atom is -0.390 e. The molecule has 2 N–H and O–H groups in total. The fourth-order valence-corrected chi connectivity index (χ4v) is 2.70. The van der Waals surface area contributed by atoms with Gasteiger partial charge in [-0.3, -0.25) is 4.79 Å². The van der Waals surface area contributed by atoms with Gasteiger partial charge in [0.1, 0.15) is 5.82 Å². The Morgan fingerprint density at radius 1 is 1.28 bits per heavy atom. The lowest BCUT2D eigenvalue weighted by Gasteiger charge is -2.22. The number of hydrogen-bond acceptors (Lipinski definition) is 3. The number of rotatable bonds is 7. The van der Waals surface area contributed by atoms with E-state index in [4.69, 9.17) is 0 Å². The van der Waals surface area contributed by atoms with Crippen LogP contribution in [0.25, 0.3) is 0 Å². The summed E-state index contributed by atoms with van der Waals surface area (Å²) in [6.07, 6.45) is 5.10. The average Bonchev–Trinajstić information content (AvgIpc) is 2.95. The van der Waals surface area contributed by atoms with Gasteiger partial charge in [0, 0.05) is 25.0 Å². The van der Waals surface area contributed by atoms with Gasteiger partial charge in [-0.1, -0.05) is 26.0 Å². The Bertz CT molecular complexity index is 696. The van der Waals surface area contributed by atoms with E-state index >= 15 is 0 Å². The molecule has 5 nitrogen and oxygen atoms in total. The first-order valence-corrected chi connectivity index (χ1v) is 8.77. The van der Waals surface area contributed by atoms with E-state index in [-0.39, 0.29) is 17.9 Å². The summed E-state index contributed by atoms with van der Waals surface area (Å²) in [4.78, 5) is 17.0. The van der Waals surface area contributed by atoms with Crippen molar-refractivity contribution in [1.82, 2.24) is 14.9 Å². The van der Waals surface area contributed by atoms with Crippen molar-refractivity contribution in [3.63, 3.8) is 0 Å². The molecular weight excluding hydrogens is 314 g/mol. The van der Waals surface area contributed by atoms with Crippen molar-refractivity contribution in [2.45, 2.75) is 52.2 Å². The van der Waals surface area contributed by atoms with E-state index in [9.17, 15) is 9.90 Å². The second kappa shape index (κ2) is 7.83. The maximum atomic E-state index is 12.6. The van der Waals surface area contributed by atoms with E-state index in [1.54, 1.807) is 20.0 Å². The fraction of sp³-hybridized carbons (Fsp3) is 0.500. The molecule has 0 unspecified atom stereocenters. The third kappa shape index (κ3) is 5.43. The van der Waals surface area contributed by atoms with Crippen molar-refractivity contribution in [1.29, 1.82) is 0 Å². The maximum absolute atomic E-state index is 12.6. The maximum Gasteiger partial charge on any atom is 0.251 e. The van der Waals surface area contributed by atoms with Gasteiger partial charge in [-0.15, -0.1) is 0 Å². The number of benzene rings is 1. The van der Waals surface area contributed by atoms with Crippen LogP contribution >= 0.6 is 0 Å². The van der Waals surface area contributed by atoms with Crippen LogP contribution in [0, 0.1) is 5.92 Å². The molecule has 136 valence electrons. The van der Waals surface area contributed by atoms with E-state index in [1.165, 1.54) is 0 Å². The SMILES string of the molecule is CC(C)[C@H](NC(=O)c1ccc(CCC(C)(C)O)cc1)c1nccn1C. The average molecular weight is 343 g/mol. The number of carbonyl (C=O) groups excluding carboxylic acids is 1. The van der Waals surface area contributed by atoms with Crippen molar-refractivity contribution >= 4 is 5.91 Å². The summed E-state index contributed by atoms with van der Waals surface area (Å²) in [5.74, 6) is 0.983. The molecule has 0 aliphatic heterocycles. The number of imidazole rings is 1. The molecule has 0 aliphatic rings. The third-order valence-electron chi connectivity index (χ3n) is 4.33. The molecule has 0 radical (unpaired) electrons. The molecule has 1 aromatic carbocycles. The quantitative estimate of drug-likeness (QED) is 0.811. The summed E-state index contributed by atoms with van der Waals surface area (Å²) >= 11 is 0. The van der Waals surface area contributed by atoms with Gasteiger partial charge in [-0.25, -0.2) is 4.98 Å². The Kier molecular flexibility index (Phi) is 6.01. The predicted octanol–water partition coefficient (Wildman–Crippen LogP) is 3.25. The van der Waals surface area contributed by atoms with Gasteiger partial charge >= 0.3 is 0 Å². The molecule has 25 heavy (non-hydrogen) atoms. The van der Waals surface area contributed by atoms with Crippen LogP contribution in [0.1, 0.15) is 61.9 Å². The highest BCUT2D eigenvalue weighted by atomic mass is 16.3. The molecule has 0 fully saturated rings. The highest BCUT2D eigenvalue weighted by Gasteiger charge is 2.22. The first kappa shape index (κ1) is 19.2. The Labute approximate surface area is 150 Å². The van der Waals surface area contributed by atoms with E-state index in [2.05, 4.69) is 24.1 Å². The molecule has 1 aromatic heterocycles. The Balaban J connectivity index is 2.05. The summed E-state index contributed by atoms with van der Waals surface area (Å²) in [7, 11) is 1.93. The molecule has 5 heteroatoms. The minimum absolute atomic E-state index is 0.101. The second-order valence-corrected chi connectivity index (χ2v) is 7.60. The molecule has 0 aliphatic carbocycles. The lowest BCUT2D eigenvalue weighted by atomic mass is 9.98. The van der Waals surface area contributed by atoms with Gasteiger partial charge < -0.3 is 15.0 Å². The lowest BCUT2D eigenvalue weighted by molar-refractivity contribution is 0.0713. The standard InChI is InChI=1S/C20H29N3O2/c1-14(2)17(18-21-12-13-23(18)5)22-19(24)16-8-6-15(7-9-16)10-11-20(3,4)25/h6-9,12-14,17,25H,10-11H2,1-5H3,(H,22,24)/t17-/m0/s1. The van der Waals surface area contributed by atoms with Crippen molar-refractivity contribution in [3.05, 3.63) is 53.6 Å². The second-order valence-electron chi connectivity index (χ2n) is 7.60. The van der Waals surface area contributed by atoms with E-state index in [0.29, 0.717) is 12.0 Å². The zero-order chi connectivity index (χ0) is 18.6. The topological polar surface area (TPSA) is 67.2 Å². The molecule has 0 saturated heterocycles. The summed E-state index contributed by atoms with van der Waals surface area (Å²) < 4.78 is 1.94.